The fraction of sp³-hybridized carbons (Fsp3) is 0.917. The summed E-state index contributed by atoms with van der Waals surface area (Å²) in [5, 5.41) is 11.9. The zero-order valence-corrected chi connectivity index (χ0v) is 10.0. The van der Waals surface area contributed by atoms with Crippen LogP contribution in [0.3, 0.4) is 0 Å². The summed E-state index contributed by atoms with van der Waals surface area (Å²) < 4.78 is 0. The van der Waals surface area contributed by atoms with Gasteiger partial charge in [0.2, 0.25) is 5.91 Å². The van der Waals surface area contributed by atoms with Crippen LogP contribution in [0.15, 0.2) is 0 Å². The van der Waals surface area contributed by atoms with Crippen molar-refractivity contribution in [2.24, 2.45) is 11.3 Å². The molecule has 0 aromatic rings. The lowest BCUT2D eigenvalue weighted by molar-refractivity contribution is -0.123. The Balaban J connectivity index is 2.33. The van der Waals surface area contributed by atoms with Crippen LogP contribution < -0.4 is 5.32 Å². The largest absolute Gasteiger partial charge is 0.396 e. The molecule has 1 unspecified atom stereocenters. The molecule has 88 valence electrons. The molecule has 3 heteroatoms. The van der Waals surface area contributed by atoms with Gasteiger partial charge >= 0.3 is 0 Å². The van der Waals surface area contributed by atoms with Crippen LogP contribution in [0.5, 0.6) is 0 Å². The van der Waals surface area contributed by atoms with Gasteiger partial charge < -0.3 is 10.4 Å². The van der Waals surface area contributed by atoms with Crippen molar-refractivity contribution in [1.29, 1.82) is 0 Å². The summed E-state index contributed by atoms with van der Waals surface area (Å²) in [6.45, 7) is 6.34. The van der Waals surface area contributed by atoms with E-state index in [9.17, 15) is 4.79 Å². The van der Waals surface area contributed by atoms with Crippen molar-refractivity contribution in [2.75, 3.05) is 6.61 Å². The van der Waals surface area contributed by atoms with E-state index in [2.05, 4.69) is 26.1 Å². The monoisotopic (exact) mass is 213 g/mol. The Labute approximate surface area is 92.3 Å². The third kappa shape index (κ3) is 5.17. The molecule has 1 saturated carbocycles. The van der Waals surface area contributed by atoms with Gasteiger partial charge in [-0.25, -0.2) is 0 Å². The molecule has 0 spiro atoms. The lowest BCUT2D eigenvalue weighted by Gasteiger charge is -2.21. The maximum absolute atomic E-state index is 11.7. The molecule has 1 atom stereocenters. The zero-order valence-electron chi connectivity index (χ0n) is 10.0. The number of carbonyl (C=O) groups excluding carboxylic acids is 1. The van der Waals surface area contributed by atoms with E-state index in [4.69, 9.17) is 5.11 Å². The lowest BCUT2D eigenvalue weighted by Crippen LogP contribution is -2.38. The topological polar surface area (TPSA) is 49.3 Å². The molecule has 15 heavy (non-hydrogen) atoms. The number of hydrogen-bond acceptors (Lipinski definition) is 2. The molecule has 0 saturated heterocycles. The zero-order chi connectivity index (χ0) is 11.5. The molecule has 0 aliphatic heterocycles. The molecule has 1 rings (SSSR count). The van der Waals surface area contributed by atoms with E-state index in [1.54, 1.807) is 0 Å². The molecule has 0 aromatic heterocycles. The number of aliphatic hydroxyl groups is 1. The molecule has 0 bridgehead atoms. The van der Waals surface area contributed by atoms with E-state index in [1.165, 1.54) is 12.8 Å². The van der Waals surface area contributed by atoms with E-state index in [0.29, 0.717) is 18.8 Å². The average molecular weight is 213 g/mol. The number of aliphatic hydroxyl groups excluding tert-OH is 1. The van der Waals surface area contributed by atoms with Crippen LogP contribution in [0.25, 0.3) is 0 Å². The molecule has 1 amide bonds. The van der Waals surface area contributed by atoms with Gasteiger partial charge in [-0.3, -0.25) is 4.79 Å². The Bertz CT molecular complexity index is 216. The Kier molecular flexibility index (Phi) is 4.14. The van der Waals surface area contributed by atoms with Gasteiger partial charge in [-0.1, -0.05) is 20.8 Å². The first-order valence-electron chi connectivity index (χ1n) is 5.82. The van der Waals surface area contributed by atoms with Crippen molar-refractivity contribution >= 4 is 5.91 Å². The minimum Gasteiger partial charge on any atom is -0.396 e. The van der Waals surface area contributed by atoms with E-state index >= 15 is 0 Å². The summed E-state index contributed by atoms with van der Waals surface area (Å²) in [7, 11) is 0. The first-order valence-corrected chi connectivity index (χ1v) is 5.82. The van der Waals surface area contributed by atoms with Gasteiger partial charge in [0, 0.05) is 19.1 Å². The van der Waals surface area contributed by atoms with E-state index in [0.717, 1.165) is 0 Å². The standard InChI is InChI=1S/C12H23NO2/c1-12(2,3)8-11(15)13-10(6-7-14)9-4-5-9/h9-10,14H,4-8H2,1-3H3,(H,13,15). The smallest absolute Gasteiger partial charge is 0.220 e. The molecular weight excluding hydrogens is 190 g/mol. The van der Waals surface area contributed by atoms with Crippen molar-refractivity contribution in [3.05, 3.63) is 0 Å². The molecular formula is C12H23NO2. The Hall–Kier alpha value is -0.570. The van der Waals surface area contributed by atoms with E-state index in [1.807, 2.05) is 0 Å². The summed E-state index contributed by atoms with van der Waals surface area (Å²) in [4.78, 5) is 11.7. The van der Waals surface area contributed by atoms with Gasteiger partial charge in [0.25, 0.3) is 0 Å². The summed E-state index contributed by atoms with van der Waals surface area (Å²) in [5.74, 6) is 0.730. The van der Waals surface area contributed by atoms with Crippen LogP contribution >= 0.6 is 0 Å². The molecule has 1 fully saturated rings. The van der Waals surface area contributed by atoms with E-state index in [-0.39, 0.29) is 24.0 Å². The Morgan fingerprint density at radius 1 is 1.47 bits per heavy atom. The third-order valence-corrected chi connectivity index (χ3v) is 2.67. The van der Waals surface area contributed by atoms with Crippen LogP contribution in [0.4, 0.5) is 0 Å². The predicted octanol–water partition coefficient (Wildman–Crippen LogP) is 1.70. The van der Waals surface area contributed by atoms with Crippen LogP contribution in [-0.4, -0.2) is 23.7 Å². The molecule has 1 aliphatic rings. The van der Waals surface area contributed by atoms with Gasteiger partial charge in [0.1, 0.15) is 0 Å². The summed E-state index contributed by atoms with van der Waals surface area (Å²) in [6.07, 6.45) is 3.64. The second-order valence-electron chi connectivity index (χ2n) is 5.76. The van der Waals surface area contributed by atoms with Gasteiger partial charge in [0.15, 0.2) is 0 Å². The second kappa shape index (κ2) is 4.97. The summed E-state index contributed by atoms with van der Waals surface area (Å²) in [6, 6.07) is 0.199. The van der Waals surface area contributed by atoms with Gasteiger partial charge in [0.05, 0.1) is 0 Å². The highest BCUT2D eigenvalue weighted by molar-refractivity contribution is 5.76. The second-order valence-corrected chi connectivity index (χ2v) is 5.76. The Morgan fingerprint density at radius 3 is 2.47 bits per heavy atom. The van der Waals surface area contributed by atoms with Crippen LogP contribution in [0.2, 0.25) is 0 Å². The SMILES string of the molecule is CC(C)(C)CC(=O)NC(CCO)C1CC1. The first-order chi connectivity index (χ1) is 6.92. The third-order valence-electron chi connectivity index (χ3n) is 2.67. The highest BCUT2D eigenvalue weighted by Crippen LogP contribution is 2.34. The van der Waals surface area contributed by atoms with Crippen LogP contribution in [0.1, 0.15) is 46.5 Å². The van der Waals surface area contributed by atoms with Gasteiger partial charge in [-0.05, 0) is 30.6 Å². The van der Waals surface area contributed by atoms with Crippen molar-refractivity contribution in [1.82, 2.24) is 5.32 Å². The lowest BCUT2D eigenvalue weighted by atomic mass is 9.91. The van der Waals surface area contributed by atoms with Crippen molar-refractivity contribution in [3.63, 3.8) is 0 Å². The molecule has 0 heterocycles. The summed E-state index contributed by atoms with van der Waals surface area (Å²) >= 11 is 0. The predicted molar refractivity (Wildman–Crippen MR) is 60.4 cm³/mol. The highest BCUT2D eigenvalue weighted by Gasteiger charge is 2.32. The fourth-order valence-corrected chi connectivity index (χ4v) is 1.80. The maximum Gasteiger partial charge on any atom is 0.220 e. The van der Waals surface area contributed by atoms with Gasteiger partial charge in [-0.15, -0.1) is 0 Å². The van der Waals surface area contributed by atoms with Crippen molar-refractivity contribution in [2.45, 2.75) is 52.5 Å². The number of carbonyl (C=O) groups is 1. The first kappa shape index (κ1) is 12.5. The summed E-state index contributed by atoms with van der Waals surface area (Å²) in [5.41, 5.74) is 0.0391. The minimum atomic E-state index is 0.0391. The average Bonchev–Trinajstić information content (AvgIpc) is 2.81. The number of amides is 1. The van der Waals surface area contributed by atoms with Gasteiger partial charge in [-0.2, -0.15) is 0 Å². The molecule has 0 aromatic carbocycles. The maximum atomic E-state index is 11.7. The number of rotatable bonds is 5. The normalized spacial score (nSPS) is 18.7. The quantitative estimate of drug-likeness (QED) is 0.730. The van der Waals surface area contributed by atoms with Crippen LogP contribution in [-0.2, 0) is 4.79 Å². The fourth-order valence-electron chi connectivity index (χ4n) is 1.80. The highest BCUT2D eigenvalue weighted by atomic mass is 16.3. The van der Waals surface area contributed by atoms with Crippen molar-refractivity contribution < 1.29 is 9.90 Å². The minimum absolute atomic E-state index is 0.0391. The molecule has 0 radical (unpaired) electrons. The number of nitrogens with one attached hydrogen (secondary N) is 1. The molecule has 2 N–H and O–H groups in total. The molecule has 3 nitrogen and oxygen atoms in total. The van der Waals surface area contributed by atoms with Crippen molar-refractivity contribution in [3.8, 4) is 0 Å². The van der Waals surface area contributed by atoms with Crippen LogP contribution in [0, 0.1) is 11.3 Å². The van der Waals surface area contributed by atoms with E-state index < -0.39 is 0 Å². The Morgan fingerprint density at radius 2 is 2.07 bits per heavy atom. The number of hydrogen-bond donors (Lipinski definition) is 2. The molecule has 1 aliphatic carbocycles.